The molecule has 92 valence electrons. The van der Waals surface area contributed by atoms with E-state index in [2.05, 4.69) is 9.97 Å². The Bertz CT molecular complexity index is 606. The monoisotopic (exact) mass is 246 g/mol. The van der Waals surface area contributed by atoms with E-state index in [0.717, 1.165) is 11.3 Å². The van der Waals surface area contributed by atoms with E-state index in [9.17, 15) is 4.79 Å². The standard InChI is InChI=1S/C12H10N2O4/c15-12(16)8-5-13-11(14-8)4-7-1-2-9-10(3-7)18-6-17-9/h1-3,5H,4,6H2,(H,13,14)(H,15,16). The predicted molar refractivity (Wildman–Crippen MR) is 60.9 cm³/mol. The van der Waals surface area contributed by atoms with Gasteiger partial charge in [0.25, 0.3) is 0 Å². The third-order valence-electron chi connectivity index (χ3n) is 2.67. The number of hydrogen-bond donors (Lipinski definition) is 2. The number of carboxylic acid groups (broad SMARTS) is 1. The summed E-state index contributed by atoms with van der Waals surface area (Å²) in [6, 6.07) is 5.60. The maximum absolute atomic E-state index is 10.7. The molecular weight excluding hydrogens is 236 g/mol. The number of carbonyl (C=O) groups is 1. The SMILES string of the molecule is O=C(O)c1cnc(Cc2ccc3c(c2)OCO3)[nH]1. The number of benzene rings is 1. The smallest absolute Gasteiger partial charge is 0.353 e. The predicted octanol–water partition coefficient (Wildman–Crippen LogP) is 1.43. The molecule has 1 aliphatic heterocycles. The van der Waals surface area contributed by atoms with Gasteiger partial charge in [0, 0.05) is 6.42 Å². The fraction of sp³-hybridized carbons (Fsp3) is 0.167. The lowest BCUT2D eigenvalue weighted by atomic mass is 10.1. The van der Waals surface area contributed by atoms with Crippen LogP contribution in [0.1, 0.15) is 21.9 Å². The Labute approximate surface area is 102 Å². The molecule has 0 radical (unpaired) electrons. The number of fused-ring (bicyclic) bond motifs is 1. The van der Waals surface area contributed by atoms with Gasteiger partial charge in [-0.25, -0.2) is 9.78 Å². The van der Waals surface area contributed by atoms with Crippen molar-refractivity contribution >= 4 is 5.97 Å². The summed E-state index contributed by atoms with van der Waals surface area (Å²) >= 11 is 0. The minimum atomic E-state index is -1.01. The fourth-order valence-electron chi connectivity index (χ4n) is 1.81. The van der Waals surface area contributed by atoms with E-state index in [1.165, 1.54) is 6.20 Å². The summed E-state index contributed by atoms with van der Waals surface area (Å²) in [7, 11) is 0. The topological polar surface area (TPSA) is 84.4 Å². The van der Waals surface area contributed by atoms with Crippen molar-refractivity contribution in [2.45, 2.75) is 6.42 Å². The number of aromatic carboxylic acids is 1. The first kappa shape index (κ1) is 10.6. The summed E-state index contributed by atoms with van der Waals surface area (Å²) in [5.41, 5.74) is 1.07. The molecule has 0 saturated heterocycles. The van der Waals surface area contributed by atoms with E-state index >= 15 is 0 Å². The molecule has 2 N–H and O–H groups in total. The van der Waals surface area contributed by atoms with E-state index in [1.54, 1.807) is 0 Å². The van der Waals surface area contributed by atoms with Crippen molar-refractivity contribution < 1.29 is 19.4 Å². The van der Waals surface area contributed by atoms with Gasteiger partial charge in [-0.1, -0.05) is 6.07 Å². The molecule has 0 fully saturated rings. The van der Waals surface area contributed by atoms with Gasteiger partial charge in [0.05, 0.1) is 6.20 Å². The molecule has 3 rings (SSSR count). The second-order valence-corrected chi connectivity index (χ2v) is 3.91. The van der Waals surface area contributed by atoms with Crippen molar-refractivity contribution in [3.63, 3.8) is 0 Å². The Hall–Kier alpha value is -2.50. The zero-order valence-corrected chi connectivity index (χ0v) is 9.34. The highest BCUT2D eigenvalue weighted by atomic mass is 16.7. The van der Waals surface area contributed by atoms with Crippen LogP contribution in [0.4, 0.5) is 0 Å². The molecule has 0 unspecified atom stereocenters. The molecule has 2 aromatic rings. The van der Waals surface area contributed by atoms with Crippen LogP contribution in [0.3, 0.4) is 0 Å². The average Bonchev–Trinajstić information content (AvgIpc) is 2.96. The van der Waals surface area contributed by atoms with E-state index < -0.39 is 5.97 Å². The van der Waals surface area contributed by atoms with Crippen LogP contribution in [-0.2, 0) is 6.42 Å². The van der Waals surface area contributed by atoms with Gasteiger partial charge in [-0.05, 0) is 17.7 Å². The van der Waals surface area contributed by atoms with Crippen LogP contribution in [0.15, 0.2) is 24.4 Å². The van der Waals surface area contributed by atoms with E-state index in [-0.39, 0.29) is 12.5 Å². The van der Waals surface area contributed by atoms with Crippen molar-refractivity contribution in [3.05, 3.63) is 41.5 Å². The zero-order valence-electron chi connectivity index (χ0n) is 9.34. The lowest BCUT2D eigenvalue weighted by Gasteiger charge is -2.00. The lowest BCUT2D eigenvalue weighted by Crippen LogP contribution is -1.97. The molecule has 2 heterocycles. The number of ether oxygens (including phenoxy) is 2. The summed E-state index contributed by atoms with van der Waals surface area (Å²) in [4.78, 5) is 17.5. The first-order valence-corrected chi connectivity index (χ1v) is 5.38. The normalized spacial score (nSPS) is 12.7. The molecule has 0 saturated carbocycles. The Morgan fingerprint density at radius 3 is 3.00 bits per heavy atom. The van der Waals surface area contributed by atoms with Crippen LogP contribution < -0.4 is 9.47 Å². The molecule has 6 nitrogen and oxygen atoms in total. The summed E-state index contributed by atoms with van der Waals surface area (Å²) in [5.74, 6) is 1.02. The van der Waals surface area contributed by atoms with E-state index in [4.69, 9.17) is 14.6 Å². The Kier molecular flexibility index (Phi) is 2.40. The molecular formula is C12H10N2O4. The third kappa shape index (κ3) is 1.88. The number of aromatic amines is 1. The van der Waals surface area contributed by atoms with Gasteiger partial charge in [0.15, 0.2) is 11.5 Å². The van der Waals surface area contributed by atoms with Gasteiger partial charge in [0.1, 0.15) is 11.5 Å². The highest BCUT2D eigenvalue weighted by Gasteiger charge is 2.14. The number of rotatable bonds is 3. The van der Waals surface area contributed by atoms with Crippen LogP contribution in [0.25, 0.3) is 0 Å². The summed E-state index contributed by atoms with van der Waals surface area (Å²) in [6.45, 7) is 0.239. The molecule has 1 aromatic heterocycles. The van der Waals surface area contributed by atoms with E-state index in [1.807, 2.05) is 18.2 Å². The Morgan fingerprint density at radius 2 is 2.22 bits per heavy atom. The number of imidazole rings is 1. The first-order chi connectivity index (χ1) is 8.72. The Morgan fingerprint density at radius 1 is 1.39 bits per heavy atom. The maximum atomic E-state index is 10.7. The van der Waals surface area contributed by atoms with Gasteiger partial charge in [-0.3, -0.25) is 0 Å². The lowest BCUT2D eigenvalue weighted by molar-refractivity contribution is 0.0691. The molecule has 0 spiro atoms. The van der Waals surface area contributed by atoms with Gasteiger partial charge < -0.3 is 19.6 Å². The molecule has 6 heteroatoms. The maximum Gasteiger partial charge on any atom is 0.353 e. The minimum Gasteiger partial charge on any atom is -0.477 e. The van der Waals surface area contributed by atoms with Crippen LogP contribution >= 0.6 is 0 Å². The highest BCUT2D eigenvalue weighted by molar-refractivity contribution is 5.85. The summed E-state index contributed by atoms with van der Waals surface area (Å²) < 4.78 is 10.5. The highest BCUT2D eigenvalue weighted by Crippen LogP contribution is 2.32. The number of H-pyrrole nitrogens is 1. The fourth-order valence-corrected chi connectivity index (χ4v) is 1.81. The van der Waals surface area contributed by atoms with E-state index in [0.29, 0.717) is 18.0 Å². The van der Waals surface area contributed by atoms with Gasteiger partial charge in [-0.2, -0.15) is 0 Å². The summed E-state index contributed by atoms with van der Waals surface area (Å²) in [6.07, 6.45) is 1.83. The van der Waals surface area contributed by atoms with Gasteiger partial charge in [0.2, 0.25) is 6.79 Å². The van der Waals surface area contributed by atoms with Crippen LogP contribution in [0.5, 0.6) is 11.5 Å². The second-order valence-electron chi connectivity index (χ2n) is 3.91. The zero-order chi connectivity index (χ0) is 12.5. The van der Waals surface area contributed by atoms with Crippen LogP contribution in [0.2, 0.25) is 0 Å². The van der Waals surface area contributed by atoms with Gasteiger partial charge >= 0.3 is 5.97 Å². The van der Waals surface area contributed by atoms with Crippen molar-refractivity contribution in [2.24, 2.45) is 0 Å². The molecule has 1 aliphatic rings. The number of nitrogens with one attached hydrogen (secondary N) is 1. The van der Waals surface area contributed by atoms with Crippen LogP contribution in [-0.4, -0.2) is 27.8 Å². The largest absolute Gasteiger partial charge is 0.477 e. The minimum absolute atomic E-state index is 0.0887. The number of aromatic nitrogens is 2. The number of nitrogens with zero attached hydrogens (tertiary/aromatic N) is 1. The van der Waals surface area contributed by atoms with Crippen molar-refractivity contribution in [1.29, 1.82) is 0 Å². The molecule has 18 heavy (non-hydrogen) atoms. The second kappa shape index (κ2) is 4.06. The molecule has 1 aromatic carbocycles. The first-order valence-electron chi connectivity index (χ1n) is 5.38. The van der Waals surface area contributed by atoms with Crippen molar-refractivity contribution in [2.75, 3.05) is 6.79 Å². The van der Waals surface area contributed by atoms with Crippen molar-refractivity contribution in [3.8, 4) is 11.5 Å². The Balaban J connectivity index is 1.81. The molecule has 0 atom stereocenters. The number of hydrogen-bond acceptors (Lipinski definition) is 4. The number of carboxylic acids is 1. The van der Waals surface area contributed by atoms with Crippen molar-refractivity contribution in [1.82, 2.24) is 9.97 Å². The molecule has 0 bridgehead atoms. The average molecular weight is 246 g/mol. The van der Waals surface area contributed by atoms with Crippen LogP contribution in [0, 0.1) is 0 Å². The molecule has 0 aliphatic carbocycles. The molecule has 0 amide bonds. The third-order valence-corrected chi connectivity index (χ3v) is 2.67. The van der Waals surface area contributed by atoms with Gasteiger partial charge in [-0.15, -0.1) is 0 Å². The quantitative estimate of drug-likeness (QED) is 0.855. The summed E-state index contributed by atoms with van der Waals surface area (Å²) in [5, 5.41) is 8.78.